The molecule has 0 saturated heterocycles. The third-order valence-electron chi connectivity index (χ3n) is 5.47. The largest absolute Gasteiger partial charge is 0.348 e. The molecule has 0 aliphatic rings. The van der Waals surface area contributed by atoms with E-state index in [9.17, 15) is 9.18 Å². The molecule has 0 saturated carbocycles. The lowest BCUT2D eigenvalue weighted by molar-refractivity contribution is 0.0950. The van der Waals surface area contributed by atoms with Crippen LogP contribution in [-0.2, 0) is 12.3 Å². The lowest BCUT2D eigenvalue weighted by Gasteiger charge is -2.11. The summed E-state index contributed by atoms with van der Waals surface area (Å²) in [5.41, 5.74) is 4.33. The quantitative estimate of drug-likeness (QED) is 0.345. The predicted molar refractivity (Wildman–Crippen MR) is 131 cm³/mol. The number of amides is 1. The number of hydrogen-bond acceptors (Lipinski definition) is 6. The van der Waals surface area contributed by atoms with Crippen molar-refractivity contribution in [2.24, 2.45) is 0 Å². The van der Waals surface area contributed by atoms with E-state index < -0.39 is 0 Å². The first-order valence-corrected chi connectivity index (χ1v) is 11.9. The number of nitrogens with zero attached hydrogens (tertiary/aromatic N) is 6. The van der Waals surface area contributed by atoms with Gasteiger partial charge in [0.1, 0.15) is 5.82 Å². The number of rotatable bonds is 7. The first-order valence-electron chi connectivity index (χ1n) is 10.9. The number of aryl methyl sites for hydroxylation is 2. The van der Waals surface area contributed by atoms with Crippen molar-refractivity contribution < 1.29 is 9.18 Å². The number of nitrogens with one attached hydrogen (secondary N) is 1. The van der Waals surface area contributed by atoms with Crippen LogP contribution in [-0.4, -0.2) is 35.0 Å². The Morgan fingerprint density at radius 1 is 1.11 bits per heavy atom. The van der Waals surface area contributed by atoms with Crippen LogP contribution in [0.4, 0.5) is 4.39 Å². The number of thioether (sulfide) groups is 1. The van der Waals surface area contributed by atoms with Crippen molar-refractivity contribution in [1.82, 2.24) is 34.4 Å². The zero-order chi connectivity index (χ0) is 24.4. The van der Waals surface area contributed by atoms with Gasteiger partial charge in [0.15, 0.2) is 0 Å². The van der Waals surface area contributed by atoms with Crippen molar-refractivity contribution in [3.05, 3.63) is 101 Å². The highest BCUT2D eigenvalue weighted by molar-refractivity contribution is 7.98. The molecule has 1 N–H and O–H groups in total. The van der Waals surface area contributed by atoms with Crippen LogP contribution in [0.1, 0.15) is 32.9 Å². The van der Waals surface area contributed by atoms with Gasteiger partial charge in [0.25, 0.3) is 11.7 Å². The summed E-state index contributed by atoms with van der Waals surface area (Å²) < 4.78 is 17.8. The fraction of sp³-hybridized carbons (Fsp3) is 0.160. The molecule has 5 aromatic rings. The molecule has 0 atom stereocenters. The lowest BCUT2D eigenvalue weighted by atomic mass is 10.1. The summed E-state index contributed by atoms with van der Waals surface area (Å²) in [4.78, 5) is 25.8. The average molecular weight is 488 g/mol. The summed E-state index contributed by atoms with van der Waals surface area (Å²) in [5.74, 6) is 0.470. The Labute approximate surface area is 205 Å². The van der Waals surface area contributed by atoms with Gasteiger partial charge in [-0.3, -0.25) is 4.79 Å². The first kappa shape index (κ1) is 22.7. The van der Waals surface area contributed by atoms with Gasteiger partial charge in [0.05, 0.1) is 12.0 Å². The van der Waals surface area contributed by atoms with Crippen LogP contribution in [0.2, 0.25) is 0 Å². The van der Waals surface area contributed by atoms with Crippen LogP contribution < -0.4 is 5.32 Å². The molecule has 0 radical (unpaired) electrons. The molecule has 3 heterocycles. The smallest absolute Gasteiger partial charge is 0.253 e. The number of fused-ring (bicyclic) bond motifs is 1. The van der Waals surface area contributed by atoms with E-state index in [1.807, 2.05) is 38.1 Å². The number of hydrogen-bond donors (Lipinski definition) is 1. The highest BCUT2D eigenvalue weighted by Crippen LogP contribution is 2.23. The lowest BCUT2D eigenvalue weighted by Crippen LogP contribution is -2.24. The molecular formula is C25H22FN7OS. The Hall–Kier alpha value is -4.05. The van der Waals surface area contributed by atoms with E-state index >= 15 is 0 Å². The van der Waals surface area contributed by atoms with Crippen LogP contribution in [0.25, 0.3) is 11.5 Å². The van der Waals surface area contributed by atoms with E-state index in [4.69, 9.17) is 0 Å². The standard InChI is InChI=1S/C25H22FN7OS/c1-16-11-17(2)33-24(29-16)30-25(31-33)35-14-19-5-3-4-6-20(19)23(34)28-13-18-7-8-22(21(26)12-18)32-10-9-27-15-32/h3-12,15H,13-14H2,1-2H3,(H,28,34). The molecule has 0 bridgehead atoms. The maximum absolute atomic E-state index is 14.5. The van der Waals surface area contributed by atoms with Crippen LogP contribution in [0.3, 0.4) is 0 Å². The molecule has 0 spiro atoms. The molecule has 0 aliphatic carbocycles. The maximum atomic E-state index is 14.5. The fourth-order valence-corrected chi connectivity index (χ4v) is 4.59. The van der Waals surface area contributed by atoms with Crippen molar-refractivity contribution >= 4 is 23.4 Å². The minimum Gasteiger partial charge on any atom is -0.348 e. The van der Waals surface area contributed by atoms with Crippen molar-refractivity contribution in [2.45, 2.75) is 31.3 Å². The highest BCUT2D eigenvalue weighted by atomic mass is 32.2. The van der Waals surface area contributed by atoms with Crippen molar-refractivity contribution in [3.8, 4) is 5.69 Å². The Bertz CT molecular complexity index is 1510. The van der Waals surface area contributed by atoms with E-state index in [2.05, 4.69) is 25.4 Å². The van der Waals surface area contributed by atoms with E-state index in [0.29, 0.717) is 33.5 Å². The summed E-state index contributed by atoms with van der Waals surface area (Å²) in [5, 5.41) is 8.00. The van der Waals surface area contributed by atoms with E-state index in [-0.39, 0.29) is 18.3 Å². The second-order valence-corrected chi connectivity index (χ2v) is 8.97. The number of carbonyl (C=O) groups excluding carboxylic acids is 1. The summed E-state index contributed by atoms with van der Waals surface area (Å²) >= 11 is 1.44. The maximum Gasteiger partial charge on any atom is 0.253 e. The fourth-order valence-electron chi connectivity index (χ4n) is 3.77. The SMILES string of the molecule is Cc1cc(C)n2nc(SCc3ccccc3C(=O)NCc3ccc(-n4ccnc4)c(F)c3)nc2n1. The first-order chi connectivity index (χ1) is 17.0. The van der Waals surface area contributed by atoms with Crippen LogP contribution in [0.5, 0.6) is 0 Å². The zero-order valence-corrected chi connectivity index (χ0v) is 20.0. The van der Waals surface area contributed by atoms with Crippen LogP contribution >= 0.6 is 11.8 Å². The molecule has 3 aromatic heterocycles. The van der Waals surface area contributed by atoms with Crippen LogP contribution in [0.15, 0.2) is 72.4 Å². The Kier molecular flexibility index (Phi) is 6.28. The predicted octanol–water partition coefficient (Wildman–Crippen LogP) is 4.29. The average Bonchev–Trinajstić information content (AvgIpc) is 3.52. The third-order valence-corrected chi connectivity index (χ3v) is 6.35. The van der Waals surface area contributed by atoms with E-state index in [1.165, 1.54) is 24.2 Å². The number of benzene rings is 2. The van der Waals surface area contributed by atoms with Gasteiger partial charge < -0.3 is 9.88 Å². The van der Waals surface area contributed by atoms with Gasteiger partial charge >= 0.3 is 0 Å². The molecule has 0 aliphatic heterocycles. The van der Waals surface area contributed by atoms with Gasteiger partial charge in [0, 0.05) is 41.6 Å². The van der Waals surface area contributed by atoms with Crippen molar-refractivity contribution in [2.75, 3.05) is 0 Å². The second-order valence-electron chi connectivity index (χ2n) is 8.03. The monoisotopic (exact) mass is 487 g/mol. The third kappa shape index (κ3) is 4.92. The van der Waals surface area contributed by atoms with Gasteiger partial charge in [-0.2, -0.15) is 4.98 Å². The van der Waals surface area contributed by atoms with Gasteiger partial charge in [-0.1, -0.05) is 36.0 Å². The molecule has 8 nitrogen and oxygen atoms in total. The summed E-state index contributed by atoms with van der Waals surface area (Å²) in [6.07, 6.45) is 4.80. The van der Waals surface area contributed by atoms with Gasteiger partial charge in [-0.25, -0.2) is 18.9 Å². The summed E-state index contributed by atoms with van der Waals surface area (Å²) in [6, 6.07) is 14.2. The molecule has 176 valence electrons. The highest BCUT2D eigenvalue weighted by Gasteiger charge is 2.14. The Morgan fingerprint density at radius 2 is 1.97 bits per heavy atom. The normalized spacial score (nSPS) is 11.2. The minimum atomic E-state index is -0.383. The Morgan fingerprint density at radius 3 is 2.77 bits per heavy atom. The molecule has 1 amide bonds. The van der Waals surface area contributed by atoms with Crippen LogP contribution in [0, 0.1) is 19.7 Å². The summed E-state index contributed by atoms with van der Waals surface area (Å²) in [7, 11) is 0. The van der Waals surface area contributed by atoms with Gasteiger partial charge in [-0.05, 0) is 49.2 Å². The molecule has 10 heteroatoms. The topological polar surface area (TPSA) is 90.0 Å². The zero-order valence-electron chi connectivity index (χ0n) is 19.1. The van der Waals surface area contributed by atoms with E-state index in [0.717, 1.165) is 17.0 Å². The molecule has 2 aromatic carbocycles. The van der Waals surface area contributed by atoms with E-state index in [1.54, 1.807) is 39.7 Å². The number of aromatic nitrogens is 6. The number of imidazole rings is 1. The number of carbonyl (C=O) groups is 1. The molecule has 35 heavy (non-hydrogen) atoms. The van der Waals surface area contributed by atoms with Gasteiger partial charge in [0.2, 0.25) is 5.16 Å². The minimum absolute atomic E-state index is 0.208. The molecule has 0 unspecified atom stereocenters. The Balaban J connectivity index is 1.26. The molecular weight excluding hydrogens is 465 g/mol. The second kappa shape index (κ2) is 9.67. The molecule has 5 rings (SSSR count). The number of halogens is 1. The van der Waals surface area contributed by atoms with Gasteiger partial charge in [-0.15, -0.1) is 5.10 Å². The molecule has 0 fully saturated rings. The van der Waals surface area contributed by atoms with Crippen molar-refractivity contribution in [3.63, 3.8) is 0 Å². The van der Waals surface area contributed by atoms with Crippen molar-refractivity contribution in [1.29, 1.82) is 0 Å². The summed E-state index contributed by atoms with van der Waals surface area (Å²) in [6.45, 7) is 4.09.